The van der Waals surface area contributed by atoms with Gasteiger partial charge in [0.05, 0.1) is 11.1 Å². The summed E-state index contributed by atoms with van der Waals surface area (Å²) in [7, 11) is 0. The SMILES string of the molecule is CC1CC12C(=O)N(C1CCCCO1)c1ccccc12. The van der Waals surface area contributed by atoms with Crippen LogP contribution in [0.4, 0.5) is 5.69 Å². The van der Waals surface area contributed by atoms with E-state index in [4.69, 9.17) is 4.74 Å². The van der Waals surface area contributed by atoms with Crippen LogP contribution >= 0.6 is 0 Å². The molecule has 3 unspecified atom stereocenters. The van der Waals surface area contributed by atoms with E-state index in [0.717, 1.165) is 38.0 Å². The van der Waals surface area contributed by atoms with Crippen LogP contribution in [0.25, 0.3) is 0 Å². The molecule has 2 aliphatic heterocycles. The number of ether oxygens (including phenoxy) is 1. The molecule has 100 valence electrons. The highest BCUT2D eigenvalue weighted by Crippen LogP contribution is 2.61. The molecule has 19 heavy (non-hydrogen) atoms. The molecule has 3 heteroatoms. The van der Waals surface area contributed by atoms with Gasteiger partial charge in [0.1, 0.15) is 6.23 Å². The molecular formula is C16H19NO2. The Kier molecular flexibility index (Phi) is 2.31. The summed E-state index contributed by atoms with van der Waals surface area (Å²) in [6.07, 6.45) is 4.17. The van der Waals surface area contributed by atoms with Crippen molar-refractivity contribution < 1.29 is 9.53 Å². The van der Waals surface area contributed by atoms with Crippen LogP contribution in [-0.4, -0.2) is 18.7 Å². The van der Waals surface area contributed by atoms with Gasteiger partial charge in [-0.3, -0.25) is 9.69 Å². The van der Waals surface area contributed by atoms with Crippen molar-refractivity contribution in [2.45, 2.75) is 44.2 Å². The Labute approximate surface area is 113 Å². The third-order valence-electron chi connectivity index (χ3n) is 5.00. The summed E-state index contributed by atoms with van der Waals surface area (Å²) < 4.78 is 5.85. The highest BCUT2D eigenvalue weighted by Gasteiger charge is 2.65. The van der Waals surface area contributed by atoms with Gasteiger partial charge < -0.3 is 4.74 Å². The van der Waals surface area contributed by atoms with Crippen LogP contribution < -0.4 is 4.90 Å². The van der Waals surface area contributed by atoms with Crippen LogP contribution in [0.1, 0.15) is 38.2 Å². The predicted octanol–water partition coefficient (Wildman–Crippen LogP) is 2.84. The second-order valence-corrected chi connectivity index (χ2v) is 6.09. The molecule has 1 aliphatic carbocycles. The molecule has 1 aromatic carbocycles. The molecule has 1 aromatic rings. The first-order valence-electron chi connectivity index (χ1n) is 7.30. The van der Waals surface area contributed by atoms with E-state index in [0.29, 0.717) is 5.92 Å². The number of amides is 1. The van der Waals surface area contributed by atoms with Crippen LogP contribution in [-0.2, 0) is 14.9 Å². The molecule has 3 atom stereocenters. The first-order valence-corrected chi connectivity index (χ1v) is 7.30. The Bertz CT molecular complexity index is 535. The number of carbonyl (C=O) groups excluding carboxylic acids is 1. The number of nitrogens with zero attached hydrogens (tertiary/aromatic N) is 1. The molecule has 2 fully saturated rings. The fourth-order valence-electron chi connectivity index (χ4n) is 3.81. The van der Waals surface area contributed by atoms with E-state index in [-0.39, 0.29) is 17.6 Å². The Morgan fingerprint density at radius 3 is 2.79 bits per heavy atom. The number of hydrogen-bond donors (Lipinski definition) is 0. The summed E-state index contributed by atoms with van der Waals surface area (Å²) in [5.41, 5.74) is 2.09. The minimum atomic E-state index is -0.225. The number of carbonyl (C=O) groups is 1. The van der Waals surface area contributed by atoms with E-state index in [9.17, 15) is 4.79 Å². The lowest BCUT2D eigenvalue weighted by molar-refractivity contribution is -0.124. The second-order valence-electron chi connectivity index (χ2n) is 6.09. The van der Waals surface area contributed by atoms with Crippen LogP contribution in [0.2, 0.25) is 0 Å². The molecule has 1 saturated carbocycles. The number of anilines is 1. The van der Waals surface area contributed by atoms with Gasteiger partial charge in [0, 0.05) is 6.61 Å². The summed E-state index contributed by atoms with van der Waals surface area (Å²) in [6.45, 7) is 2.96. The topological polar surface area (TPSA) is 29.5 Å². The zero-order valence-corrected chi connectivity index (χ0v) is 11.3. The molecule has 1 amide bonds. The molecule has 1 saturated heterocycles. The Morgan fingerprint density at radius 1 is 1.32 bits per heavy atom. The maximum Gasteiger partial charge on any atom is 0.240 e. The maximum atomic E-state index is 12.9. The Balaban J connectivity index is 1.78. The highest BCUT2D eigenvalue weighted by molar-refractivity contribution is 6.10. The zero-order valence-electron chi connectivity index (χ0n) is 11.3. The molecule has 3 nitrogen and oxygen atoms in total. The summed E-state index contributed by atoms with van der Waals surface area (Å²) >= 11 is 0. The molecule has 2 heterocycles. The monoisotopic (exact) mass is 257 g/mol. The highest BCUT2D eigenvalue weighted by atomic mass is 16.5. The van der Waals surface area contributed by atoms with E-state index in [1.807, 2.05) is 17.0 Å². The third kappa shape index (κ3) is 1.39. The summed E-state index contributed by atoms with van der Waals surface area (Å²) in [6, 6.07) is 8.27. The van der Waals surface area contributed by atoms with Gasteiger partial charge in [0.15, 0.2) is 0 Å². The Hall–Kier alpha value is -1.35. The number of fused-ring (bicyclic) bond motifs is 2. The van der Waals surface area contributed by atoms with E-state index in [1.165, 1.54) is 5.56 Å². The fraction of sp³-hybridized carbons (Fsp3) is 0.562. The van der Waals surface area contributed by atoms with Crippen LogP contribution in [0, 0.1) is 5.92 Å². The minimum Gasteiger partial charge on any atom is -0.358 e. The molecule has 4 rings (SSSR count). The average molecular weight is 257 g/mol. The first-order chi connectivity index (χ1) is 9.25. The van der Waals surface area contributed by atoms with Crippen molar-refractivity contribution in [3.63, 3.8) is 0 Å². The predicted molar refractivity (Wildman–Crippen MR) is 73.0 cm³/mol. The zero-order chi connectivity index (χ0) is 13.0. The molecule has 0 aromatic heterocycles. The fourth-order valence-corrected chi connectivity index (χ4v) is 3.81. The van der Waals surface area contributed by atoms with Gasteiger partial charge >= 0.3 is 0 Å². The van der Waals surface area contributed by atoms with Crippen molar-refractivity contribution >= 4 is 11.6 Å². The van der Waals surface area contributed by atoms with E-state index < -0.39 is 0 Å². The lowest BCUT2D eigenvalue weighted by atomic mass is 9.95. The molecular weight excluding hydrogens is 238 g/mol. The van der Waals surface area contributed by atoms with Crippen LogP contribution in [0.3, 0.4) is 0 Å². The quantitative estimate of drug-likeness (QED) is 0.774. The summed E-state index contributed by atoms with van der Waals surface area (Å²) in [5.74, 6) is 0.739. The van der Waals surface area contributed by atoms with Crippen molar-refractivity contribution in [2.75, 3.05) is 11.5 Å². The van der Waals surface area contributed by atoms with Gasteiger partial charge in [0.2, 0.25) is 5.91 Å². The molecule has 3 aliphatic rings. The largest absolute Gasteiger partial charge is 0.358 e. The van der Waals surface area contributed by atoms with Gasteiger partial charge in [-0.15, -0.1) is 0 Å². The van der Waals surface area contributed by atoms with Crippen molar-refractivity contribution in [3.05, 3.63) is 29.8 Å². The minimum absolute atomic E-state index is 0.0467. The molecule has 1 spiro atoms. The summed E-state index contributed by atoms with van der Waals surface area (Å²) in [4.78, 5) is 14.8. The standard InChI is InChI=1S/C16H19NO2/c1-11-10-16(11)12-6-2-3-7-13(12)17(15(16)18)14-8-4-5-9-19-14/h2-3,6-7,11,14H,4-5,8-10H2,1H3. The van der Waals surface area contributed by atoms with Gasteiger partial charge in [-0.1, -0.05) is 25.1 Å². The lowest BCUT2D eigenvalue weighted by Crippen LogP contribution is -2.44. The lowest BCUT2D eigenvalue weighted by Gasteiger charge is -2.32. The first kappa shape index (κ1) is 11.5. The van der Waals surface area contributed by atoms with Gasteiger partial charge in [-0.05, 0) is 43.2 Å². The smallest absolute Gasteiger partial charge is 0.240 e. The number of para-hydroxylation sites is 1. The normalized spacial score (nSPS) is 36.7. The maximum absolute atomic E-state index is 12.9. The molecule has 0 radical (unpaired) electrons. The number of rotatable bonds is 1. The van der Waals surface area contributed by atoms with Gasteiger partial charge in [-0.2, -0.15) is 0 Å². The van der Waals surface area contributed by atoms with Crippen LogP contribution in [0.5, 0.6) is 0 Å². The average Bonchev–Trinajstić information content (AvgIpc) is 3.06. The van der Waals surface area contributed by atoms with Gasteiger partial charge in [-0.25, -0.2) is 0 Å². The van der Waals surface area contributed by atoms with Crippen molar-refractivity contribution in [3.8, 4) is 0 Å². The van der Waals surface area contributed by atoms with Crippen molar-refractivity contribution in [2.24, 2.45) is 5.92 Å². The third-order valence-corrected chi connectivity index (χ3v) is 5.00. The van der Waals surface area contributed by atoms with Crippen molar-refractivity contribution in [1.82, 2.24) is 0 Å². The second kappa shape index (κ2) is 3.83. The Morgan fingerprint density at radius 2 is 2.11 bits per heavy atom. The van der Waals surface area contributed by atoms with Crippen LogP contribution in [0.15, 0.2) is 24.3 Å². The van der Waals surface area contributed by atoms with Crippen molar-refractivity contribution in [1.29, 1.82) is 0 Å². The number of benzene rings is 1. The summed E-state index contributed by atoms with van der Waals surface area (Å²) in [5, 5.41) is 0. The molecule has 0 bridgehead atoms. The number of hydrogen-bond acceptors (Lipinski definition) is 2. The van der Waals surface area contributed by atoms with Gasteiger partial charge in [0.25, 0.3) is 0 Å². The van der Waals surface area contributed by atoms with E-state index in [1.54, 1.807) is 0 Å². The van der Waals surface area contributed by atoms with E-state index in [2.05, 4.69) is 19.1 Å². The molecule has 0 N–H and O–H groups in total. The van der Waals surface area contributed by atoms with E-state index >= 15 is 0 Å².